The van der Waals surface area contributed by atoms with E-state index in [1.807, 2.05) is 16.8 Å². The van der Waals surface area contributed by atoms with Crippen LogP contribution in [0.2, 0.25) is 0 Å². The molecular weight excluding hydrogens is 385 g/mol. The van der Waals surface area contributed by atoms with Crippen LogP contribution in [-0.4, -0.2) is 28.3 Å². The molecule has 4 nitrogen and oxygen atoms in total. The van der Waals surface area contributed by atoms with E-state index in [0.717, 1.165) is 42.0 Å². The quantitative estimate of drug-likeness (QED) is 0.643. The Hall–Kier alpha value is -1.92. The first-order valence-corrected chi connectivity index (χ1v) is 9.06. The van der Waals surface area contributed by atoms with Crippen molar-refractivity contribution in [3.63, 3.8) is 0 Å². The van der Waals surface area contributed by atoms with E-state index >= 15 is 0 Å². The molecule has 6 heteroatoms. The van der Waals surface area contributed by atoms with Gasteiger partial charge >= 0.3 is 0 Å². The normalized spacial score (nSPS) is 17.7. The number of rotatable bonds is 3. The molecule has 4 rings (SSSR count). The topological polar surface area (TPSA) is 30.3 Å². The first kappa shape index (κ1) is 16.5. The highest BCUT2D eigenvalue weighted by molar-refractivity contribution is 9.10. The van der Waals surface area contributed by atoms with Crippen LogP contribution >= 0.6 is 15.9 Å². The lowest BCUT2D eigenvalue weighted by Gasteiger charge is -2.32. The summed E-state index contributed by atoms with van der Waals surface area (Å²) in [5.41, 5.74) is 3.15. The van der Waals surface area contributed by atoms with Gasteiger partial charge in [-0.15, -0.1) is 0 Å². The number of halogens is 2. The molecular formula is C19H19BrFN3O. The minimum atomic E-state index is -0.247. The second-order valence-electron chi connectivity index (χ2n) is 6.54. The van der Waals surface area contributed by atoms with Gasteiger partial charge in [0.15, 0.2) is 0 Å². The Balaban J connectivity index is 1.64. The van der Waals surface area contributed by atoms with Gasteiger partial charge in [-0.05, 0) is 52.7 Å². The van der Waals surface area contributed by atoms with E-state index in [0.29, 0.717) is 4.47 Å². The molecule has 0 saturated heterocycles. The number of methoxy groups -OCH3 is 1. The van der Waals surface area contributed by atoms with E-state index in [-0.39, 0.29) is 11.9 Å². The van der Waals surface area contributed by atoms with Gasteiger partial charge in [-0.25, -0.2) is 4.39 Å². The molecule has 0 amide bonds. The maximum absolute atomic E-state index is 14.0. The minimum Gasteiger partial charge on any atom is -0.497 e. The van der Waals surface area contributed by atoms with Gasteiger partial charge < -0.3 is 4.74 Å². The van der Waals surface area contributed by atoms with Crippen LogP contribution in [0.5, 0.6) is 5.75 Å². The van der Waals surface area contributed by atoms with Gasteiger partial charge in [0.2, 0.25) is 0 Å². The maximum Gasteiger partial charge on any atom is 0.138 e. The average molecular weight is 404 g/mol. The predicted octanol–water partition coefficient (Wildman–Crippen LogP) is 4.52. The summed E-state index contributed by atoms with van der Waals surface area (Å²) in [6.07, 6.45) is 0. The van der Waals surface area contributed by atoms with Gasteiger partial charge in [0.1, 0.15) is 11.6 Å². The van der Waals surface area contributed by atoms with Crippen molar-refractivity contribution in [1.82, 2.24) is 14.7 Å². The van der Waals surface area contributed by atoms with Crippen molar-refractivity contribution in [3.8, 4) is 5.75 Å². The van der Waals surface area contributed by atoms with E-state index in [1.165, 1.54) is 5.56 Å². The number of aromatic nitrogens is 2. The number of hydrogen-bond donors (Lipinski definition) is 0. The van der Waals surface area contributed by atoms with Crippen molar-refractivity contribution in [3.05, 3.63) is 57.9 Å². The smallest absolute Gasteiger partial charge is 0.138 e. The van der Waals surface area contributed by atoms with E-state index < -0.39 is 0 Å². The molecule has 1 atom stereocenters. The van der Waals surface area contributed by atoms with Crippen LogP contribution in [0.1, 0.15) is 24.2 Å². The van der Waals surface area contributed by atoms with Gasteiger partial charge in [0.05, 0.1) is 28.8 Å². The van der Waals surface area contributed by atoms with Gasteiger partial charge in [-0.3, -0.25) is 9.58 Å². The van der Waals surface area contributed by atoms with Crippen LogP contribution in [0.3, 0.4) is 0 Å². The third-order valence-electron chi connectivity index (χ3n) is 4.72. The van der Waals surface area contributed by atoms with Gasteiger partial charge in [-0.1, -0.05) is 12.1 Å². The predicted molar refractivity (Wildman–Crippen MR) is 99.2 cm³/mol. The molecule has 0 bridgehead atoms. The molecule has 0 aliphatic carbocycles. The summed E-state index contributed by atoms with van der Waals surface area (Å²) >= 11 is 3.25. The van der Waals surface area contributed by atoms with Crippen LogP contribution in [0.25, 0.3) is 10.9 Å². The van der Waals surface area contributed by atoms with Crippen LogP contribution in [0.15, 0.2) is 40.9 Å². The van der Waals surface area contributed by atoms with E-state index in [9.17, 15) is 4.39 Å². The highest BCUT2D eigenvalue weighted by atomic mass is 79.9. The Labute approximate surface area is 154 Å². The molecule has 1 aliphatic rings. The molecule has 0 N–H and O–H groups in total. The summed E-state index contributed by atoms with van der Waals surface area (Å²) in [4.78, 5) is 2.38. The summed E-state index contributed by atoms with van der Waals surface area (Å²) in [6, 6.07) is 11.7. The van der Waals surface area contributed by atoms with E-state index in [4.69, 9.17) is 4.74 Å². The van der Waals surface area contributed by atoms with Crippen molar-refractivity contribution < 1.29 is 9.13 Å². The highest BCUT2D eigenvalue weighted by Gasteiger charge is 2.26. The Kier molecular flexibility index (Phi) is 4.25. The summed E-state index contributed by atoms with van der Waals surface area (Å²) in [5, 5.41) is 5.57. The van der Waals surface area contributed by atoms with Crippen molar-refractivity contribution >= 4 is 26.8 Å². The third kappa shape index (κ3) is 3.04. The lowest BCUT2D eigenvalue weighted by Crippen LogP contribution is -2.36. The second-order valence-corrected chi connectivity index (χ2v) is 7.40. The zero-order valence-electron chi connectivity index (χ0n) is 14.2. The molecule has 0 unspecified atom stereocenters. The average Bonchev–Trinajstić information content (AvgIpc) is 2.94. The highest BCUT2D eigenvalue weighted by Crippen LogP contribution is 2.31. The van der Waals surface area contributed by atoms with Crippen LogP contribution < -0.4 is 4.74 Å². The fraction of sp³-hybridized carbons (Fsp3) is 0.316. The molecule has 1 aromatic heterocycles. The van der Waals surface area contributed by atoms with Crippen molar-refractivity contribution in [1.29, 1.82) is 0 Å². The lowest BCUT2D eigenvalue weighted by molar-refractivity contribution is 0.176. The number of nitrogens with zero attached hydrogens (tertiary/aromatic N) is 3. The third-order valence-corrected chi connectivity index (χ3v) is 5.33. The fourth-order valence-electron chi connectivity index (χ4n) is 3.51. The van der Waals surface area contributed by atoms with Crippen LogP contribution in [0.4, 0.5) is 4.39 Å². The van der Waals surface area contributed by atoms with Crippen LogP contribution in [-0.2, 0) is 13.1 Å². The lowest BCUT2D eigenvalue weighted by atomic mass is 10.1. The summed E-state index contributed by atoms with van der Waals surface area (Å²) in [7, 11) is 1.67. The molecule has 2 aromatic carbocycles. The summed E-state index contributed by atoms with van der Waals surface area (Å²) in [5.74, 6) is 0.615. The first-order valence-electron chi connectivity index (χ1n) is 8.26. The molecule has 25 heavy (non-hydrogen) atoms. The molecule has 0 radical (unpaired) electrons. The second kappa shape index (κ2) is 6.42. The largest absolute Gasteiger partial charge is 0.497 e. The van der Waals surface area contributed by atoms with Gasteiger partial charge in [0, 0.05) is 25.0 Å². The summed E-state index contributed by atoms with van der Waals surface area (Å²) in [6.45, 7) is 4.67. The Morgan fingerprint density at radius 3 is 2.76 bits per heavy atom. The summed E-state index contributed by atoms with van der Waals surface area (Å²) < 4.78 is 21.7. The fourth-order valence-corrected chi connectivity index (χ4v) is 3.84. The van der Waals surface area contributed by atoms with Gasteiger partial charge in [0.25, 0.3) is 0 Å². The van der Waals surface area contributed by atoms with Crippen LogP contribution in [0, 0.1) is 5.82 Å². The molecule has 1 aliphatic heterocycles. The van der Waals surface area contributed by atoms with E-state index in [1.54, 1.807) is 19.2 Å². The zero-order valence-corrected chi connectivity index (χ0v) is 15.8. The molecule has 3 aromatic rings. The maximum atomic E-state index is 14.0. The number of ether oxygens (including phenoxy) is 1. The molecule has 0 fully saturated rings. The Bertz CT molecular complexity index is 923. The SMILES string of the molecule is COc1ccc(CN2Cc3c4cc(F)c(Br)cc4nn3[C@H](C)C2)cc1. The molecule has 0 saturated carbocycles. The Morgan fingerprint density at radius 1 is 1.28 bits per heavy atom. The number of benzene rings is 2. The molecule has 2 heterocycles. The van der Waals surface area contributed by atoms with Crippen molar-refractivity contribution in [2.45, 2.75) is 26.1 Å². The molecule has 0 spiro atoms. The van der Waals surface area contributed by atoms with E-state index in [2.05, 4.69) is 45.0 Å². The zero-order chi connectivity index (χ0) is 17.6. The molecule has 130 valence electrons. The first-order chi connectivity index (χ1) is 12.0. The minimum absolute atomic E-state index is 0.247. The number of hydrogen-bond acceptors (Lipinski definition) is 3. The van der Waals surface area contributed by atoms with Crippen molar-refractivity contribution in [2.24, 2.45) is 0 Å². The Morgan fingerprint density at radius 2 is 2.04 bits per heavy atom. The monoisotopic (exact) mass is 403 g/mol. The number of fused-ring (bicyclic) bond motifs is 3. The standard InChI is InChI=1S/C19H19BrFN3O/c1-12-9-23(10-13-3-5-14(25-2)6-4-13)11-19-15-7-17(21)16(20)8-18(15)22-24(12)19/h3-8,12H,9-11H2,1-2H3/t12-/m1/s1. The van der Waals surface area contributed by atoms with Gasteiger partial charge in [-0.2, -0.15) is 5.10 Å². The van der Waals surface area contributed by atoms with Crippen molar-refractivity contribution in [2.75, 3.05) is 13.7 Å².